The summed E-state index contributed by atoms with van der Waals surface area (Å²) in [5.74, 6) is 0.290. The zero-order chi connectivity index (χ0) is 18.0. The Bertz CT molecular complexity index is 787. The smallest absolute Gasteiger partial charge is 0.330 e. The van der Waals surface area contributed by atoms with Crippen LogP contribution in [0.25, 0.3) is 10.4 Å². The number of aliphatic hydroxyl groups is 2. The van der Waals surface area contributed by atoms with E-state index in [9.17, 15) is 19.8 Å². The van der Waals surface area contributed by atoms with Crippen LogP contribution < -0.4 is 11.2 Å². The topological polar surface area (TPSA) is 153 Å². The van der Waals surface area contributed by atoms with Crippen molar-refractivity contribution in [3.8, 4) is 0 Å². The Morgan fingerprint density at radius 2 is 2.33 bits per heavy atom. The summed E-state index contributed by atoms with van der Waals surface area (Å²) in [6.45, 7) is 2.88. The molecule has 24 heavy (non-hydrogen) atoms. The van der Waals surface area contributed by atoms with Crippen molar-refractivity contribution in [2.45, 2.75) is 24.5 Å². The molecule has 2 rings (SSSR count). The molecule has 0 bridgehead atoms. The van der Waals surface area contributed by atoms with Crippen molar-refractivity contribution in [2.75, 3.05) is 12.4 Å². The SMILES string of the molecule is C=C[C@]1(CCS)[C@H](O)C(CO)(N=[N+]=[N-])O[C@H]1n1ccc(=O)[nH]c1=O. The summed E-state index contributed by atoms with van der Waals surface area (Å²) in [4.78, 5) is 28.1. The minimum absolute atomic E-state index is 0.208. The molecule has 1 unspecified atom stereocenters. The van der Waals surface area contributed by atoms with Crippen molar-refractivity contribution in [1.82, 2.24) is 9.55 Å². The van der Waals surface area contributed by atoms with Gasteiger partial charge in [-0.25, -0.2) is 4.79 Å². The van der Waals surface area contributed by atoms with E-state index in [4.69, 9.17) is 10.3 Å². The van der Waals surface area contributed by atoms with Crippen molar-refractivity contribution in [3.63, 3.8) is 0 Å². The lowest BCUT2D eigenvalue weighted by atomic mass is 9.76. The first-order chi connectivity index (χ1) is 11.4. The lowest BCUT2D eigenvalue weighted by Crippen LogP contribution is -2.47. The summed E-state index contributed by atoms with van der Waals surface area (Å²) < 4.78 is 6.67. The maximum absolute atomic E-state index is 12.1. The van der Waals surface area contributed by atoms with E-state index < -0.39 is 41.3 Å². The Kier molecular flexibility index (Phi) is 5.21. The number of ether oxygens (including phenoxy) is 1. The van der Waals surface area contributed by atoms with E-state index in [1.165, 1.54) is 12.3 Å². The number of azide groups is 1. The molecule has 130 valence electrons. The molecule has 0 aromatic carbocycles. The summed E-state index contributed by atoms with van der Waals surface area (Å²) in [6.07, 6.45) is 0.123. The molecule has 1 aliphatic rings. The highest BCUT2D eigenvalue weighted by atomic mass is 32.1. The van der Waals surface area contributed by atoms with E-state index in [1.54, 1.807) is 0 Å². The first-order valence-corrected chi connectivity index (χ1v) is 7.63. The number of aromatic amines is 1. The van der Waals surface area contributed by atoms with E-state index in [0.717, 1.165) is 10.6 Å². The minimum Gasteiger partial charge on any atom is -0.393 e. The first kappa shape index (κ1) is 18.3. The number of H-pyrrole nitrogens is 1. The quantitative estimate of drug-likeness (QED) is 0.185. The number of hydrogen-bond acceptors (Lipinski definition) is 7. The third-order valence-corrected chi connectivity index (χ3v) is 4.40. The Morgan fingerprint density at radius 1 is 1.62 bits per heavy atom. The third-order valence-electron chi connectivity index (χ3n) is 4.18. The lowest BCUT2D eigenvalue weighted by Gasteiger charge is -2.34. The average molecular weight is 355 g/mol. The standard InChI is InChI=1S/C13H17N5O5S/c1-2-12(4-6-24)9(21)13(7-19,16-17-14)23-10(12)18-5-3-8(20)15-11(18)22/h2-3,5,9-10,19,21,24H,1,4,6-7H2,(H,15,20,22)/t9-,10+,12-,13?/m0/s1. The van der Waals surface area contributed by atoms with Gasteiger partial charge < -0.3 is 14.9 Å². The van der Waals surface area contributed by atoms with Crippen LogP contribution in [0.5, 0.6) is 0 Å². The van der Waals surface area contributed by atoms with Gasteiger partial charge in [0.2, 0.25) is 0 Å². The molecule has 0 spiro atoms. The molecule has 1 saturated heterocycles. The zero-order valence-corrected chi connectivity index (χ0v) is 13.5. The van der Waals surface area contributed by atoms with Crippen molar-refractivity contribution in [1.29, 1.82) is 0 Å². The van der Waals surface area contributed by atoms with Gasteiger partial charge in [-0.1, -0.05) is 11.2 Å². The second-order valence-electron chi connectivity index (χ2n) is 5.37. The van der Waals surface area contributed by atoms with Crippen LogP contribution in [-0.2, 0) is 4.74 Å². The Labute approximate surface area is 141 Å². The highest BCUT2D eigenvalue weighted by Gasteiger charge is 2.62. The van der Waals surface area contributed by atoms with Crippen molar-refractivity contribution in [2.24, 2.45) is 10.5 Å². The van der Waals surface area contributed by atoms with E-state index in [-0.39, 0.29) is 6.42 Å². The second-order valence-corrected chi connectivity index (χ2v) is 5.82. The number of nitrogens with zero attached hydrogens (tertiary/aromatic N) is 4. The summed E-state index contributed by atoms with van der Waals surface area (Å²) in [7, 11) is 0. The summed E-state index contributed by atoms with van der Waals surface area (Å²) >= 11 is 4.15. The van der Waals surface area contributed by atoms with E-state index in [2.05, 4.69) is 34.2 Å². The number of nitrogens with one attached hydrogen (secondary N) is 1. The number of aromatic nitrogens is 2. The van der Waals surface area contributed by atoms with Crippen molar-refractivity contribution in [3.05, 3.63) is 56.2 Å². The Balaban J connectivity index is 2.70. The number of hydrogen-bond donors (Lipinski definition) is 4. The predicted molar refractivity (Wildman–Crippen MR) is 87.5 cm³/mol. The molecule has 11 heteroatoms. The zero-order valence-electron chi connectivity index (χ0n) is 12.6. The number of thiol groups is 1. The third kappa shape index (κ3) is 2.66. The average Bonchev–Trinajstić information content (AvgIpc) is 2.79. The summed E-state index contributed by atoms with van der Waals surface area (Å²) in [5, 5.41) is 23.8. The largest absolute Gasteiger partial charge is 0.393 e. The molecule has 0 amide bonds. The predicted octanol–water partition coefficient (Wildman–Crippen LogP) is -0.0825. The molecule has 1 fully saturated rings. The van der Waals surface area contributed by atoms with Crippen molar-refractivity contribution >= 4 is 12.6 Å². The molecule has 1 aromatic rings. The van der Waals surface area contributed by atoms with Crippen LogP contribution in [0, 0.1) is 5.41 Å². The van der Waals surface area contributed by atoms with E-state index >= 15 is 0 Å². The van der Waals surface area contributed by atoms with Crippen LogP contribution in [-0.4, -0.2) is 44.0 Å². The lowest BCUT2D eigenvalue weighted by molar-refractivity contribution is -0.124. The second kappa shape index (κ2) is 6.83. The van der Waals surface area contributed by atoms with Gasteiger partial charge in [0.15, 0.2) is 12.0 Å². The van der Waals surface area contributed by atoms with Gasteiger partial charge in [0.25, 0.3) is 5.56 Å². The minimum atomic E-state index is -1.99. The van der Waals surface area contributed by atoms with Crippen LogP contribution in [0.15, 0.2) is 39.6 Å². The van der Waals surface area contributed by atoms with E-state index in [1.807, 2.05) is 0 Å². The van der Waals surface area contributed by atoms with Gasteiger partial charge in [-0.2, -0.15) is 12.6 Å². The van der Waals surface area contributed by atoms with Crippen LogP contribution in [0.2, 0.25) is 0 Å². The molecule has 1 aromatic heterocycles. The van der Waals surface area contributed by atoms with Crippen LogP contribution >= 0.6 is 12.6 Å². The fourth-order valence-corrected chi connectivity index (χ4v) is 3.32. The molecule has 0 saturated carbocycles. The van der Waals surface area contributed by atoms with Gasteiger partial charge >= 0.3 is 5.69 Å². The fourth-order valence-electron chi connectivity index (χ4n) is 2.93. The molecule has 0 radical (unpaired) electrons. The molecule has 0 aliphatic carbocycles. The van der Waals surface area contributed by atoms with Gasteiger partial charge in [-0.05, 0) is 17.7 Å². The Morgan fingerprint density at radius 3 is 2.83 bits per heavy atom. The highest BCUT2D eigenvalue weighted by molar-refractivity contribution is 7.80. The molecule has 3 N–H and O–H groups in total. The first-order valence-electron chi connectivity index (χ1n) is 6.99. The van der Waals surface area contributed by atoms with Crippen molar-refractivity contribution < 1.29 is 14.9 Å². The van der Waals surface area contributed by atoms with Gasteiger partial charge in [-0.3, -0.25) is 14.3 Å². The molecular weight excluding hydrogens is 338 g/mol. The number of aliphatic hydroxyl groups excluding tert-OH is 2. The maximum Gasteiger partial charge on any atom is 0.330 e. The van der Waals surface area contributed by atoms with Gasteiger partial charge in [-0.15, -0.1) is 6.58 Å². The van der Waals surface area contributed by atoms with Crippen LogP contribution in [0.1, 0.15) is 12.6 Å². The summed E-state index contributed by atoms with van der Waals surface area (Å²) in [5.41, 5.74) is 4.11. The molecule has 10 nitrogen and oxygen atoms in total. The van der Waals surface area contributed by atoms with E-state index in [0.29, 0.717) is 5.75 Å². The van der Waals surface area contributed by atoms with Crippen LogP contribution in [0.3, 0.4) is 0 Å². The molecular formula is C13H17N5O5S. The molecule has 2 heterocycles. The number of rotatable bonds is 6. The molecule has 1 aliphatic heterocycles. The summed E-state index contributed by atoms with van der Waals surface area (Å²) in [6, 6.07) is 1.11. The fraction of sp³-hybridized carbons (Fsp3) is 0.538. The maximum atomic E-state index is 12.1. The van der Waals surface area contributed by atoms with Crippen LogP contribution in [0.4, 0.5) is 0 Å². The van der Waals surface area contributed by atoms with Gasteiger partial charge in [0.1, 0.15) is 6.10 Å². The normalized spacial score (nSPS) is 32.3. The van der Waals surface area contributed by atoms with Gasteiger partial charge in [0, 0.05) is 17.2 Å². The molecule has 4 atom stereocenters. The van der Waals surface area contributed by atoms with Gasteiger partial charge in [0.05, 0.1) is 12.0 Å². The monoisotopic (exact) mass is 355 g/mol. The highest BCUT2D eigenvalue weighted by Crippen LogP contribution is 2.53. The Hall–Kier alpha value is -2.04.